The number of para-hydroxylation sites is 1. The van der Waals surface area contributed by atoms with Crippen molar-refractivity contribution >= 4 is 11.6 Å². The number of hydrogen-bond donors (Lipinski definition) is 0. The third-order valence-corrected chi connectivity index (χ3v) is 6.35. The average molecular weight is 454 g/mol. The molecule has 1 aliphatic rings. The van der Waals surface area contributed by atoms with E-state index in [9.17, 15) is 14.9 Å². The fourth-order valence-electron chi connectivity index (χ4n) is 4.91. The van der Waals surface area contributed by atoms with Crippen LogP contribution in [0.1, 0.15) is 36.5 Å². The highest BCUT2D eigenvalue weighted by Gasteiger charge is 2.37. The molecule has 3 rings (SSSR count). The van der Waals surface area contributed by atoms with Crippen molar-refractivity contribution in [3.63, 3.8) is 0 Å². The topological polar surface area (TPSA) is 75.9 Å². The minimum Gasteiger partial charge on any atom is -0.375 e. The molecule has 178 valence electrons. The molecule has 1 saturated heterocycles. The first-order valence-electron chi connectivity index (χ1n) is 11.6. The smallest absolute Gasteiger partial charge is 0.273 e. The van der Waals surface area contributed by atoms with Crippen LogP contribution in [0.3, 0.4) is 0 Å². The first-order chi connectivity index (χ1) is 15.8. The number of carbonyl (C=O) groups excluding carboxylic acids is 1. The lowest BCUT2D eigenvalue weighted by Gasteiger charge is -2.30. The maximum atomic E-state index is 12.8. The summed E-state index contributed by atoms with van der Waals surface area (Å²) in [4.78, 5) is 28.2. The van der Waals surface area contributed by atoms with Gasteiger partial charge in [-0.25, -0.2) is 0 Å². The predicted octanol–water partition coefficient (Wildman–Crippen LogP) is 4.25. The second-order valence-corrected chi connectivity index (χ2v) is 9.43. The summed E-state index contributed by atoms with van der Waals surface area (Å²) in [6, 6.07) is 15.4. The summed E-state index contributed by atoms with van der Waals surface area (Å²) in [6.07, 6.45) is 0. The number of nitro groups is 1. The van der Waals surface area contributed by atoms with Crippen molar-refractivity contribution in [3.8, 4) is 0 Å². The number of ether oxygens (including phenoxy) is 1. The van der Waals surface area contributed by atoms with Gasteiger partial charge in [-0.05, 0) is 29.9 Å². The molecule has 2 aromatic rings. The Balaban J connectivity index is 1.87. The number of aryl methyl sites for hydroxylation is 1. The van der Waals surface area contributed by atoms with Gasteiger partial charge >= 0.3 is 0 Å². The first-order valence-corrected chi connectivity index (χ1v) is 11.6. The molecule has 1 fully saturated rings. The monoisotopic (exact) mass is 453 g/mol. The van der Waals surface area contributed by atoms with Gasteiger partial charge in [0.2, 0.25) is 5.91 Å². The van der Waals surface area contributed by atoms with E-state index >= 15 is 0 Å². The molecule has 2 aromatic carbocycles. The molecule has 7 heteroatoms. The molecular weight excluding hydrogens is 418 g/mol. The van der Waals surface area contributed by atoms with E-state index in [0.29, 0.717) is 25.6 Å². The van der Waals surface area contributed by atoms with Crippen LogP contribution >= 0.6 is 0 Å². The third-order valence-electron chi connectivity index (χ3n) is 6.35. The molecule has 1 heterocycles. The average Bonchev–Trinajstić information content (AvgIpc) is 3.15. The zero-order valence-electron chi connectivity index (χ0n) is 20.1. The van der Waals surface area contributed by atoms with Crippen LogP contribution in [-0.4, -0.2) is 60.5 Å². The minimum atomic E-state index is -0.310. The summed E-state index contributed by atoms with van der Waals surface area (Å²) < 4.78 is 5.13. The summed E-state index contributed by atoms with van der Waals surface area (Å²) in [5, 5.41) is 11.5. The van der Waals surface area contributed by atoms with E-state index in [0.717, 1.165) is 18.7 Å². The van der Waals surface area contributed by atoms with Crippen LogP contribution in [0, 0.1) is 28.9 Å². The fourth-order valence-corrected chi connectivity index (χ4v) is 4.91. The van der Waals surface area contributed by atoms with Crippen molar-refractivity contribution in [3.05, 3.63) is 75.3 Å². The molecule has 1 aliphatic heterocycles. The number of methoxy groups -OCH3 is 1. The normalized spacial score (nSPS) is 18.6. The van der Waals surface area contributed by atoms with E-state index in [2.05, 4.69) is 43.9 Å². The van der Waals surface area contributed by atoms with Gasteiger partial charge in [-0.2, -0.15) is 0 Å². The quantitative estimate of drug-likeness (QED) is 0.397. The number of carbonyl (C=O) groups is 1. The second-order valence-electron chi connectivity index (χ2n) is 9.43. The summed E-state index contributed by atoms with van der Waals surface area (Å²) in [5.41, 5.74) is 3.40. The minimum absolute atomic E-state index is 0.00637. The number of likely N-dealkylation sites (tertiary alicyclic amines) is 1. The number of nitro benzene ring substituents is 1. The van der Waals surface area contributed by atoms with Crippen LogP contribution in [0.4, 0.5) is 5.69 Å². The Hall–Kier alpha value is -2.77. The van der Waals surface area contributed by atoms with Crippen molar-refractivity contribution in [2.45, 2.75) is 33.2 Å². The Morgan fingerprint density at radius 3 is 2.55 bits per heavy atom. The van der Waals surface area contributed by atoms with Crippen LogP contribution in [0.5, 0.6) is 0 Å². The Bertz CT molecular complexity index is 962. The van der Waals surface area contributed by atoms with Crippen molar-refractivity contribution in [1.29, 1.82) is 0 Å². The standard InChI is InChI=1S/C26H35N3O4/c1-19(2)13-28(26(30)18-33-4)16-22-15-27(14-21-10-6-8-12-25(21)29(31)32)17-24(22)23-11-7-5-9-20(23)3/h5-12,19,22,24H,13-18H2,1-4H3. The molecule has 1 amide bonds. The Morgan fingerprint density at radius 1 is 1.18 bits per heavy atom. The van der Waals surface area contributed by atoms with E-state index in [1.807, 2.05) is 23.1 Å². The van der Waals surface area contributed by atoms with Gasteiger partial charge in [0, 0.05) is 57.4 Å². The zero-order chi connectivity index (χ0) is 24.0. The Morgan fingerprint density at radius 2 is 1.88 bits per heavy atom. The number of amides is 1. The van der Waals surface area contributed by atoms with Gasteiger partial charge in [-0.15, -0.1) is 0 Å². The summed E-state index contributed by atoms with van der Waals surface area (Å²) >= 11 is 0. The van der Waals surface area contributed by atoms with Gasteiger partial charge in [0.05, 0.1) is 4.92 Å². The lowest BCUT2D eigenvalue weighted by molar-refractivity contribution is -0.385. The van der Waals surface area contributed by atoms with Gasteiger partial charge in [-0.3, -0.25) is 19.8 Å². The van der Waals surface area contributed by atoms with Crippen LogP contribution < -0.4 is 0 Å². The Labute approximate surface area is 196 Å². The van der Waals surface area contributed by atoms with E-state index < -0.39 is 0 Å². The molecule has 0 radical (unpaired) electrons. The molecule has 0 saturated carbocycles. The Kier molecular flexibility index (Phi) is 8.58. The second kappa shape index (κ2) is 11.4. The van der Waals surface area contributed by atoms with E-state index in [-0.39, 0.29) is 35.0 Å². The number of nitrogens with zero attached hydrogens (tertiary/aromatic N) is 3. The van der Waals surface area contributed by atoms with Crippen molar-refractivity contribution in [2.24, 2.45) is 11.8 Å². The van der Waals surface area contributed by atoms with Gasteiger partial charge in [0.15, 0.2) is 0 Å². The van der Waals surface area contributed by atoms with Crippen molar-refractivity contribution in [1.82, 2.24) is 9.80 Å². The summed E-state index contributed by atoms with van der Waals surface area (Å²) in [7, 11) is 1.55. The first kappa shape index (κ1) is 24.9. The summed E-state index contributed by atoms with van der Waals surface area (Å²) in [6.45, 7) is 9.86. The van der Waals surface area contributed by atoms with Crippen LogP contribution in [0.25, 0.3) is 0 Å². The maximum Gasteiger partial charge on any atom is 0.273 e. The molecule has 2 atom stereocenters. The van der Waals surface area contributed by atoms with Crippen molar-refractivity contribution in [2.75, 3.05) is 39.9 Å². The van der Waals surface area contributed by atoms with Crippen LogP contribution in [0.15, 0.2) is 48.5 Å². The van der Waals surface area contributed by atoms with E-state index in [1.54, 1.807) is 19.2 Å². The lowest BCUT2D eigenvalue weighted by atomic mass is 9.86. The molecular formula is C26H35N3O4. The van der Waals surface area contributed by atoms with Crippen LogP contribution in [-0.2, 0) is 16.1 Å². The third kappa shape index (κ3) is 6.39. The highest BCUT2D eigenvalue weighted by molar-refractivity contribution is 5.77. The molecule has 2 unspecified atom stereocenters. The van der Waals surface area contributed by atoms with Gasteiger partial charge in [0.25, 0.3) is 5.69 Å². The van der Waals surface area contributed by atoms with Gasteiger partial charge < -0.3 is 9.64 Å². The highest BCUT2D eigenvalue weighted by Crippen LogP contribution is 2.36. The molecule has 0 aromatic heterocycles. The fraction of sp³-hybridized carbons (Fsp3) is 0.500. The van der Waals surface area contributed by atoms with Crippen molar-refractivity contribution < 1.29 is 14.5 Å². The van der Waals surface area contributed by atoms with E-state index in [1.165, 1.54) is 11.1 Å². The summed E-state index contributed by atoms with van der Waals surface area (Å²) in [5.74, 6) is 0.839. The molecule has 0 bridgehead atoms. The van der Waals surface area contributed by atoms with Gasteiger partial charge in [-0.1, -0.05) is 56.3 Å². The molecule has 33 heavy (non-hydrogen) atoms. The number of benzene rings is 2. The predicted molar refractivity (Wildman–Crippen MR) is 129 cm³/mol. The molecule has 0 N–H and O–H groups in total. The lowest BCUT2D eigenvalue weighted by Crippen LogP contribution is -2.41. The SMILES string of the molecule is COCC(=O)N(CC(C)C)CC1CN(Cc2ccccc2[N+](=O)[O-])CC1c1ccccc1C. The molecule has 0 spiro atoms. The molecule has 0 aliphatic carbocycles. The number of rotatable bonds is 10. The maximum absolute atomic E-state index is 12.8. The molecule has 7 nitrogen and oxygen atoms in total. The van der Waals surface area contributed by atoms with Gasteiger partial charge in [0.1, 0.15) is 6.61 Å². The highest BCUT2D eigenvalue weighted by atomic mass is 16.6. The largest absolute Gasteiger partial charge is 0.375 e. The zero-order valence-corrected chi connectivity index (χ0v) is 20.1. The van der Waals surface area contributed by atoms with E-state index in [4.69, 9.17) is 4.74 Å². The number of hydrogen-bond acceptors (Lipinski definition) is 5. The van der Waals surface area contributed by atoms with Crippen LogP contribution in [0.2, 0.25) is 0 Å².